The van der Waals surface area contributed by atoms with E-state index in [1.165, 1.54) is 19.3 Å². The normalized spacial score (nSPS) is 17.0. The molecule has 1 rings (SSSR count). The lowest BCUT2D eigenvalue weighted by Crippen LogP contribution is -2.50. The molecule has 1 heterocycles. The van der Waals surface area contributed by atoms with Crippen LogP contribution in [0, 0.1) is 0 Å². The summed E-state index contributed by atoms with van der Waals surface area (Å²) in [6, 6.07) is 0. The van der Waals surface area contributed by atoms with E-state index in [9.17, 15) is 4.79 Å². The molecule has 21 heavy (non-hydrogen) atoms. The van der Waals surface area contributed by atoms with E-state index in [1.807, 2.05) is 25.7 Å². The average molecular weight is 300 g/mol. The topological polar surface area (TPSA) is 42.0 Å². The van der Waals surface area contributed by atoms with Crippen LogP contribution in [0.2, 0.25) is 0 Å². The number of carbonyl (C=O) groups is 1. The van der Waals surface area contributed by atoms with Gasteiger partial charge in [-0.1, -0.05) is 12.8 Å². The Kier molecular flexibility index (Phi) is 8.04. The molecular weight excluding hydrogens is 268 g/mol. The Balaban J connectivity index is 2.10. The summed E-state index contributed by atoms with van der Waals surface area (Å²) in [6.07, 6.45) is 4.71. The molecule has 0 radical (unpaired) electrons. The maximum atomic E-state index is 12.0. The molecule has 0 aromatic carbocycles. The summed E-state index contributed by atoms with van der Waals surface area (Å²) in [4.78, 5) is 16.2. The molecule has 1 aliphatic heterocycles. The van der Waals surface area contributed by atoms with E-state index in [-0.39, 0.29) is 6.09 Å². The van der Waals surface area contributed by atoms with Gasteiger partial charge in [0.2, 0.25) is 0 Å². The Bertz CT molecular complexity index is 294. The van der Waals surface area contributed by atoms with Crippen molar-refractivity contribution in [2.75, 3.05) is 46.4 Å². The molecule has 0 spiro atoms. The van der Waals surface area contributed by atoms with Crippen LogP contribution in [0.5, 0.6) is 0 Å². The average Bonchev–Trinajstić information content (AvgIpc) is 2.41. The highest BCUT2D eigenvalue weighted by Crippen LogP contribution is 2.12. The second-order valence-electron chi connectivity index (χ2n) is 6.72. The van der Waals surface area contributed by atoms with Crippen LogP contribution in [0.25, 0.3) is 0 Å². The van der Waals surface area contributed by atoms with Crippen molar-refractivity contribution in [1.29, 1.82) is 0 Å². The summed E-state index contributed by atoms with van der Waals surface area (Å²) in [6.45, 7) is 11.2. The van der Waals surface area contributed by atoms with Gasteiger partial charge in [-0.2, -0.15) is 0 Å². The van der Waals surface area contributed by atoms with Gasteiger partial charge >= 0.3 is 6.09 Å². The SMILES string of the molecule is COCCCCCCN1CCN(C(=O)OC(C)(C)C)CC1. The molecule has 124 valence electrons. The second-order valence-corrected chi connectivity index (χ2v) is 6.72. The van der Waals surface area contributed by atoms with E-state index in [2.05, 4.69) is 4.90 Å². The van der Waals surface area contributed by atoms with Crippen molar-refractivity contribution in [1.82, 2.24) is 9.80 Å². The number of unbranched alkanes of at least 4 members (excludes halogenated alkanes) is 3. The Morgan fingerprint density at radius 3 is 2.19 bits per heavy atom. The highest BCUT2D eigenvalue weighted by Gasteiger charge is 2.25. The molecule has 1 amide bonds. The third kappa shape index (κ3) is 8.27. The number of hydrogen-bond donors (Lipinski definition) is 0. The van der Waals surface area contributed by atoms with Gasteiger partial charge in [-0.25, -0.2) is 4.79 Å². The van der Waals surface area contributed by atoms with Crippen molar-refractivity contribution in [3.05, 3.63) is 0 Å². The number of methoxy groups -OCH3 is 1. The van der Waals surface area contributed by atoms with E-state index >= 15 is 0 Å². The first-order valence-corrected chi connectivity index (χ1v) is 8.11. The number of carbonyl (C=O) groups excluding carboxylic acids is 1. The minimum atomic E-state index is -0.406. The molecule has 0 atom stereocenters. The van der Waals surface area contributed by atoms with Crippen LogP contribution in [0.4, 0.5) is 4.79 Å². The zero-order valence-electron chi connectivity index (χ0n) is 14.2. The molecule has 0 aromatic rings. The summed E-state index contributed by atoms with van der Waals surface area (Å²) in [7, 11) is 1.75. The molecule has 0 saturated carbocycles. The van der Waals surface area contributed by atoms with Gasteiger partial charge in [-0.15, -0.1) is 0 Å². The Morgan fingerprint density at radius 2 is 1.62 bits per heavy atom. The lowest BCUT2D eigenvalue weighted by atomic mass is 10.2. The summed E-state index contributed by atoms with van der Waals surface area (Å²) in [5.41, 5.74) is -0.406. The molecule has 5 nitrogen and oxygen atoms in total. The zero-order valence-corrected chi connectivity index (χ0v) is 14.2. The minimum Gasteiger partial charge on any atom is -0.444 e. The first-order chi connectivity index (χ1) is 9.92. The smallest absolute Gasteiger partial charge is 0.410 e. The molecule has 1 fully saturated rings. The zero-order chi connectivity index (χ0) is 15.7. The van der Waals surface area contributed by atoms with Crippen molar-refractivity contribution in [3.8, 4) is 0 Å². The minimum absolute atomic E-state index is 0.179. The molecular formula is C16H32N2O3. The van der Waals surface area contributed by atoms with Gasteiger partial charge in [0, 0.05) is 39.9 Å². The van der Waals surface area contributed by atoms with Crippen molar-refractivity contribution in [3.63, 3.8) is 0 Å². The van der Waals surface area contributed by atoms with E-state index in [0.29, 0.717) is 0 Å². The molecule has 0 bridgehead atoms. The first kappa shape index (κ1) is 18.2. The Morgan fingerprint density at radius 1 is 1.00 bits per heavy atom. The van der Waals surface area contributed by atoms with Crippen LogP contribution in [0.15, 0.2) is 0 Å². The third-order valence-electron chi connectivity index (χ3n) is 3.60. The monoisotopic (exact) mass is 300 g/mol. The third-order valence-corrected chi connectivity index (χ3v) is 3.60. The highest BCUT2D eigenvalue weighted by atomic mass is 16.6. The van der Waals surface area contributed by atoms with Crippen molar-refractivity contribution in [2.24, 2.45) is 0 Å². The summed E-state index contributed by atoms with van der Waals surface area (Å²) in [5, 5.41) is 0. The van der Waals surface area contributed by atoms with Gasteiger partial charge in [0.15, 0.2) is 0 Å². The number of ether oxygens (including phenoxy) is 2. The van der Waals surface area contributed by atoms with Gasteiger partial charge in [-0.05, 0) is 40.2 Å². The molecule has 0 N–H and O–H groups in total. The molecule has 1 saturated heterocycles. The fourth-order valence-electron chi connectivity index (χ4n) is 2.42. The van der Waals surface area contributed by atoms with Gasteiger partial charge in [0.25, 0.3) is 0 Å². The summed E-state index contributed by atoms with van der Waals surface area (Å²) >= 11 is 0. The Hall–Kier alpha value is -0.810. The van der Waals surface area contributed by atoms with Crippen molar-refractivity contribution < 1.29 is 14.3 Å². The van der Waals surface area contributed by atoms with Gasteiger partial charge in [0.05, 0.1) is 0 Å². The standard InChI is InChI=1S/C16H32N2O3/c1-16(2,3)21-15(19)18-12-10-17(11-13-18)9-7-5-6-8-14-20-4/h5-14H2,1-4H3. The Labute approximate surface area is 129 Å². The molecule has 0 aromatic heterocycles. The van der Waals surface area contributed by atoms with Gasteiger partial charge in [0.1, 0.15) is 5.60 Å². The number of hydrogen-bond acceptors (Lipinski definition) is 4. The number of amides is 1. The van der Waals surface area contributed by atoms with Gasteiger partial charge in [-0.3, -0.25) is 4.90 Å². The fraction of sp³-hybridized carbons (Fsp3) is 0.938. The van der Waals surface area contributed by atoms with Gasteiger partial charge < -0.3 is 14.4 Å². The first-order valence-electron chi connectivity index (χ1n) is 8.11. The predicted octanol–water partition coefficient (Wildman–Crippen LogP) is 2.75. The van der Waals surface area contributed by atoms with Crippen molar-refractivity contribution in [2.45, 2.75) is 52.1 Å². The van der Waals surface area contributed by atoms with Crippen LogP contribution in [-0.4, -0.2) is 67.9 Å². The van der Waals surface area contributed by atoms with E-state index < -0.39 is 5.60 Å². The van der Waals surface area contributed by atoms with Crippen LogP contribution in [0.1, 0.15) is 46.5 Å². The van der Waals surface area contributed by atoms with E-state index in [4.69, 9.17) is 9.47 Å². The second kappa shape index (κ2) is 9.26. The van der Waals surface area contributed by atoms with E-state index in [0.717, 1.165) is 45.8 Å². The van der Waals surface area contributed by atoms with Crippen LogP contribution in [0.3, 0.4) is 0 Å². The van der Waals surface area contributed by atoms with Crippen LogP contribution < -0.4 is 0 Å². The summed E-state index contributed by atoms with van der Waals surface area (Å²) in [5.74, 6) is 0. The molecule has 0 unspecified atom stereocenters. The number of piperazine rings is 1. The maximum Gasteiger partial charge on any atom is 0.410 e. The molecule has 1 aliphatic rings. The molecule has 5 heteroatoms. The van der Waals surface area contributed by atoms with E-state index in [1.54, 1.807) is 7.11 Å². The quantitative estimate of drug-likeness (QED) is 0.678. The number of nitrogens with zero attached hydrogens (tertiary/aromatic N) is 2. The highest BCUT2D eigenvalue weighted by molar-refractivity contribution is 5.68. The lowest BCUT2D eigenvalue weighted by molar-refractivity contribution is 0.0144. The van der Waals surface area contributed by atoms with Crippen LogP contribution >= 0.6 is 0 Å². The summed E-state index contributed by atoms with van der Waals surface area (Å²) < 4.78 is 10.5. The maximum absolute atomic E-state index is 12.0. The van der Waals surface area contributed by atoms with Crippen molar-refractivity contribution >= 4 is 6.09 Å². The van der Waals surface area contributed by atoms with Crippen LogP contribution in [-0.2, 0) is 9.47 Å². The number of rotatable bonds is 7. The predicted molar refractivity (Wildman–Crippen MR) is 84.6 cm³/mol. The molecule has 0 aliphatic carbocycles. The fourth-order valence-corrected chi connectivity index (χ4v) is 2.42. The largest absolute Gasteiger partial charge is 0.444 e. The lowest BCUT2D eigenvalue weighted by Gasteiger charge is -2.35.